The summed E-state index contributed by atoms with van der Waals surface area (Å²) < 4.78 is 1.27. The van der Waals surface area contributed by atoms with Crippen molar-refractivity contribution >= 4 is 22.6 Å². The molecule has 0 amide bonds. The maximum Gasteiger partial charge on any atom is 0.0497 e. The van der Waals surface area contributed by atoms with Crippen LogP contribution in [0.5, 0.6) is 0 Å². The summed E-state index contributed by atoms with van der Waals surface area (Å²) in [5.41, 5.74) is 2.55. The fourth-order valence-corrected chi connectivity index (χ4v) is 1.78. The zero-order valence-corrected chi connectivity index (χ0v) is 9.50. The van der Waals surface area contributed by atoms with Crippen LogP contribution in [0.25, 0.3) is 0 Å². The third-order valence-electron chi connectivity index (χ3n) is 2.11. The molecule has 1 unspecified atom stereocenters. The Balaban J connectivity index is 3.07. The molecule has 0 spiro atoms. The third kappa shape index (κ3) is 1.98. The van der Waals surface area contributed by atoms with Crippen LogP contribution >= 0.6 is 22.6 Å². The Kier molecular flexibility index (Phi) is 3.53. The minimum atomic E-state index is 0.223. The first-order valence-electron chi connectivity index (χ1n) is 4.02. The Morgan fingerprint density at radius 3 is 2.75 bits per heavy atom. The van der Waals surface area contributed by atoms with E-state index in [4.69, 9.17) is 5.11 Å². The second-order valence-electron chi connectivity index (χ2n) is 3.04. The number of aliphatic hydroxyl groups is 1. The molecule has 0 radical (unpaired) electrons. The van der Waals surface area contributed by atoms with Gasteiger partial charge in [0.25, 0.3) is 0 Å². The van der Waals surface area contributed by atoms with E-state index < -0.39 is 0 Å². The molecule has 2 heteroatoms. The predicted molar refractivity (Wildman–Crippen MR) is 59.4 cm³/mol. The van der Waals surface area contributed by atoms with Crippen molar-refractivity contribution in [3.05, 3.63) is 32.9 Å². The molecule has 1 nitrogen and oxygen atoms in total. The van der Waals surface area contributed by atoms with E-state index in [9.17, 15) is 0 Å². The Morgan fingerprint density at radius 1 is 1.50 bits per heavy atom. The molecule has 0 aliphatic rings. The van der Waals surface area contributed by atoms with E-state index >= 15 is 0 Å². The lowest BCUT2D eigenvalue weighted by molar-refractivity contribution is 0.272. The van der Waals surface area contributed by atoms with Crippen molar-refractivity contribution in [3.8, 4) is 0 Å². The van der Waals surface area contributed by atoms with Gasteiger partial charge in [0.1, 0.15) is 0 Å². The molecule has 0 aliphatic heterocycles. The molecule has 0 bridgehead atoms. The number of rotatable bonds is 2. The predicted octanol–water partition coefficient (Wildman–Crippen LogP) is 2.70. The number of benzene rings is 1. The summed E-state index contributed by atoms with van der Waals surface area (Å²) >= 11 is 2.32. The lowest BCUT2D eigenvalue weighted by Crippen LogP contribution is -2.02. The maximum absolute atomic E-state index is 9.00. The van der Waals surface area contributed by atoms with Crippen molar-refractivity contribution in [2.75, 3.05) is 6.61 Å². The van der Waals surface area contributed by atoms with Crippen molar-refractivity contribution < 1.29 is 5.11 Å². The zero-order valence-electron chi connectivity index (χ0n) is 7.34. The topological polar surface area (TPSA) is 20.2 Å². The second-order valence-corrected chi connectivity index (χ2v) is 4.20. The Labute approximate surface area is 86.9 Å². The molecule has 66 valence electrons. The molecule has 1 rings (SSSR count). The average molecular weight is 276 g/mol. The standard InChI is InChI=1S/C10H13IO/c1-7(6-12)9-4-3-5-10(11)8(9)2/h3-5,7,12H,6H2,1-2H3. The third-order valence-corrected chi connectivity index (χ3v) is 3.28. The van der Waals surface area contributed by atoms with Gasteiger partial charge in [-0.1, -0.05) is 19.1 Å². The van der Waals surface area contributed by atoms with Gasteiger partial charge in [0.15, 0.2) is 0 Å². The summed E-state index contributed by atoms with van der Waals surface area (Å²) in [6.07, 6.45) is 0. The largest absolute Gasteiger partial charge is 0.396 e. The highest BCUT2D eigenvalue weighted by Gasteiger charge is 2.07. The Hall–Kier alpha value is -0.0900. The van der Waals surface area contributed by atoms with Gasteiger partial charge < -0.3 is 5.11 Å². The SMILES string of the molecule is Cc1c(I)cccc1C(C)CO. The number of halogens is 1. The molecule has 0 heterocycles. The van der Waals surface area contributed by atoms with E-state index in [2.05, 4.69) is 41.6 Å². The fourth-order valence-electron chi connectivity index (χ4n) is 1.26. The van der Waals surface area contributed by atoms with Crippen molar-refractivity contribution in [1.82, 2.24) is 0 Å². The van der Waals surface area contributed by atoms with Crippen LogP contribution in [0.3, 0.4) is 0 Å². The lowest BCUT2D eigenvalue weighted by atomic mass is 9.97. The van der Waals surface area contributed by atoms with E-state index in [0.717, 1.165) is 0 Å². The summed E-state index contributed by atoms with van der Waals surface area (Å²) in [6, 6.07) is 6.21. The van der Waals surface area contributed by atoms with Gasteiger partial charge in [0, 0.05) is 16.1 Å². The Morgan fingerprint density at radius 2 is 2.17 bits per heavy atom. The van der Waals surface area contributed by atoms with Gasteiger partial charge >= 0.3 is 0 Å². The molecule has 1 aromatic carbocycles. The molecular formula is C10H13IO. The highest BCUT2D eigenvalue weighted by atomic mass is 127. The van der Waals surface area contributed by atoms with Gasteiger partial charge in [-0.05, 0) is 46.7 Å². The van der Waals surface area contributed by atoms with E-state index in [1.54, 1.807) is 0 Å². The van der Waals surface area contributed by atoms with Crippen molar-refractivity contribution in [3.63, 3.8) is 0 Å². The van der Waals surface area contributed by atoms with E-state index in [-0.39, 0.29) is 12.5 Å². The minimum Gasteiger partial charge on any atom is -0.396 e. The van der Waals surface area contributed by atoms with E-state index in [1.807, 2.05) is 13.0 Å². The fraction of sp³-hybridized carbons (Fsp3) is 0.400. The summed E-state index contributed by atoms with van der Waals surface area (Å²) in [6.45, 7) is 4.36. The van der Waals surface area contributed by atoms with Crippen LogP contribution in [0, 0.1) is 10.5 Å². The summed E-state index contributed by atoms with van der Waals surface area (Å²) in [5.74, 6) is 0.250. The molecule has 0 saturated heterocycles. The molecule has 1 atom stereocenters. The van der Waals surface area contributed by atoms with E-state index in [0.29, 0.717) is 0 Å². The zero-order chi connectivity index (χ0) is 9.14. The first-order chi connectivity index (χ1) is 5.66. The first kappa shape index (κ1) is 9.99. The van der Waals surface area contributed by atoms with Gasteiger partial charge in [0.05, 0.1) is 0 Å². The van der Waals surface area contributed by atoms with Gasteiger partial charge in [-0.3, -0.25) is 0 Å². The molecule has 0 aromatic heterocycles. The average Bonchev–Trinajstić information content (AvgIpc) is 2.08. The molecule has 0 aliphatic carbocycles. The molecular weight excluding hydrogens is 263 g/mol. The van der Waals surface area contributed by atoms with Crippen LogP contribution in [-0.2, 0) is 0 Å². The van der Waals surface area contributed by atoms with Gasteiger partial charge in [-0.25, -0.2) is 0 Å². The normalized spacial score (nSPS) is 13.0. The van der Waals surface area contributed by atoms with Gasteiger partial charge in [-0.2, -0.15) is 0 Å². The highest BCUT2D eigenvalue weighted by molar-refractivity contribution is 14.1. The van der Waals surface area contributed by atoms with Crippen molar-refractivity contribution in [1.29, 1.82) is 0 Å². The number of hydrogen-bond donors (Lipinski definition) is 1. The minimum absolute atomic E-state index is 0.223. The number of aliphatic hydroxyl groups excluding tert-OH is 1. The van der Waals surface area contributed by atoms with Crippen molar-refractivity contribution in [2.45, 2.75) is 19.8 Å². The quantitative estimate of drug-likeness (QED) is 0.823. The monoisotopic (exact) mass is 276 g/mol. The van der Waals surface area contributed by atoms with Gasteiger partial charge in [-0.15, -0.1) is 0 Å². The molecule has 12 heavy (non-hydrogen) atoms. The Bertz CT molecular complexity index is 271. The maximum atomic E-state index is 9.00. The number of hydrogen-bond acceptors (Lipinski definition) is 1. The van der Waals surface area contributed by atoms with Crippen LogP contribution in [0.2, 0.25) is 0 Å². The molecule has 0 fully saturated rings. The first-order valence-corrected chi connectivity index (χ1v) is 5.10. The van der Waals surface area contributed by atoms with Crippen LogP contribution in [0.1, 0.15) is 24.0 Å². The van der Waals surface area contributed by atoms with Crippen LogP contribution < -0.4 is 0 Å². The molecule has 1 aromatic rings. The smallest absolute Gasteiger partial charge is 0.0497 e. The molecule has 0 saturated carbocycles. The van der Waals surface area contributed by atoms with Crippen LogP contribution in [-0.4, -0.2) is 11.7 Å². The second kappa shape index (κ2) is 4.23. The molecule has 1 N–H and O–H groups in total. The van der Waals surface area contributed by atoms with Crippen LogP contribution in [0.15, 0.2) is 18.2 Å². The lowest BCUT2D eigenvalue weighted by Gasteiger charge is -2.12. The van der Waals surface area contributed by atoms with Crippen LogP contribution in [0.4, 0.5) is 0 Å². The highest BCUT2D eigenvalue weighted by Crippen LogP contribution is 2.22. The van der Waals surface area contributed by atoms with Gasteiger partial charge in [0.2, 0.25) is 0 Å². The van der Waals surface area contributed by atoms with E-state index in [1.165, 1.54) is 14.7 Å². The van der Waals surface area contributed by atoms with Crippen molar-refractivity contribution in [2.24, 2.45) is 0 Å². The summed E-state index contributed by atoms with van der Waals surface area (Å²) in [7, 11) is 0. The summed E-state index contributed by atoms with van der Waals surface area (Å²) in [5, 5.41) is 9.00. The summed E-state index contributed by atoms with van der Waals surface area (Å²) in [4.78, 5) is 0.